The molecule has 1 aliphatic rings. The summed E-state index contributed by atoms with van der Waals surface area (Å²) >= 11 is 0. The number of aromatic nitrogens is 1. The number of nitrogens with zero attached hydrogens (tertiary/aromatic N) is 1. The second-order valence-corrected chi connectivity index (χ2v) is 14.3. The minimum absolute atomic E-state index is 0.824. The summed E-state index contributed by atoms with van der Waals surface area (Å²) in [5.41, 5.74) is 24.8. The highest BCUT2D eigenvalue weighted by molar-refractivity contribution is 6.12. The van der Waals surface area contributed by atoms with E-state index in [1.54, 1.807) is 0 Å². The molecular formula is C51H34N2O. The van der Waals surface area contributed by atoms with Gasteiger partial charge >= 0.3 is 0 Å². The summed E-state index contributed by atoms with van der Waals surface area (Å²) in [5, 5.41) is 4.74. The van der Waals surface area contributed by atoms with Crippen molar-refractivity contribution in [3.63, 3.8) is 0 Å². The first-order valence-electron chi connectivity index (χ1n) is 18.5. The zero-order valence-electron chi connectivity index (χ0n) is 29.5. The van der Waals surface area contributed by atoms with E-state index >= 15 is 0 Å². The third kappa shape index (κ3) is 4.76. The molecule has 0 aliphatic heterocycles. The molecule has 0 amide bonds. The highest BCUT2D eigenvalue weighted by Gasteiger charge is 2.24. The molecule has 2 heterocycles. The minimum atomic E-state index is 0.824. The number of fused-ring (bicyclic) bond motifs is 9. The van der Waals surface area contributed by atoms with Gasteiger partial charge in [-0.05, 0) is 117 Å². The molecule has 2 aromatic heterocycles. The lowest BCUT2D eigenvalue weighted by molar-refractivity contribution is 0.669. The van der Waals surface area contributed by atoms with E-state index in [4.69, 9.17) is 10.2 Å². The largest absolute Gasteiger partial charge is 0.456 e. The van der Waals surface area contributed by atoms with E-state index in [9.17, 15) is 0 Å². The molecule has 3 nitrogen and oxygen atoms in total. The van der Waals surface area contributed by atoms with Gasteiger partial charge in [0.15, 0.2) is 0 Å². The van der Waals surface area contributed by atoms with Crippen molar-refractivity contribution in [3.05, 3.63) is 199 Å². The summed E-state index contributed by atoms with van der Waals surface area (Å²) in [6.45, 7) is 0. The predicted octanol–water partition coefficient (Wildman–Crippen LogP) is 13.3. The Labute approximate surface area is 312 Å². The number of nitrogens with two attached hydrogens (primary N) is 1. The van der Waals surface area contributed by atoms with Gasteiger partial charge in [0.05, 0.1) is 11.0 Å². The molecule has 0 saturated heterocycles. The second kappa shape index (κ2) is 12.0. The quantitative estimate of drug-likeness (QED) is 0.183. The standard InChI is InChI=1S/C51H34N2O/c52-46-15-8-14-41-38-11-4-5-12-39(38)42(51(41)46)25-19-32-17-20-33(21-18-32)34-22-26-47-43(29-34)44-30-35(23-27-48(44)53(47)37-9-2-1-3-10-37)36-24-28-50-45(31-36)40-13-6-7-16-49(40)54-50/h1-18,20-31H,19,52H2/b42-25-. The molecule has 10 aromatic rings. The Morgan fingerprint density at radius 3 is 1.83 bits per heavy atom. The molecule has 0 saturated carbocycles. The first kappa shape index (κ1) is 30.5. The Hall–Kier alpha value is -7.10. The van der Waals surface area contributed by atoms with Crippen molar-refractivity contribution in [1.82, 2.24) is 4.57 Å². The lowest BCUT2D eigenvalue weighted by Gasteiger charge is -2.09. The van der Waals surface area contributed by atoms with Crippen LogP contribution >= 0.6 is 0 Å². The van der Waals surface area contributed by atoms with Gasteiger partial charge in [0.25, 0.3) is 0 Å². The topological polar surface area (TPSA) is 44.1 Å². The molecule has 1 aliphatic carbocycles. The fourth-order valence-electron chi connectivity index (χ4n) is 8.59. The van der Waals surface area contributed by atoms with Gasteiger partial charge < -0.3 is 14.7 Å². The van der Waals surface area contributed by atoms with E-state index < -0.39 is 0 Å². The van der Waals surface area contributed by atoms with Crippen LogP contribution in [0.2, 0.25) is 0 Å². The van der Waals surface area contributed by atoms with Gasteiger partial charge in [-0.25, -0.2) is 0 Å². The molecule has 0 fully saturated rings. The first-order valence-corrected chi connectivity index (χ1v) is 18.5. The van der Waals surface area contributed by atoms with Gasteiger partial charge in [0.2, 0.25) is 0 Å². The van der Waals surface area contributed by atoms with Crippen LogP contribution in [-0.2, 0) is 6.42 Å². The van der Waals surface area contributed by atoms with Crippen molar-refractivity contribution in [2.24, 2.45) is 0 Å². The number of rotatable bonds is 5. The van der Waals surface area contributed by atoms with E-state index in [0.717, 1.165) is 45.3 Å². The van der Waals surface area contributed by atoms with Crippen LogP contribution in [0.1, 0.15) is 16.7 Å². The lowest BCUT2D eigenvalue weighted by atomic mass is 9.97. The van der Waals surface area contributed by atoms with Crippen molar-refractivity contribution in [1.29, 1.82) is 0 Å². The third-order valence-electron chi connectivity index (χ3n) is 11.2. The molecule has 0 radical (unpaired) electrons. The van der Waals surface area contributed by atoms with Crippen molar-refractivity contribution in [3.8, 4) is 39.1 Å². The first-order chi connectivity index (χ1) is 26.7. The maximum atomic E-state index is 6.53. The Balaban J connectivity index is 0.985. The molecular weight excluding hydrogens is 657 g/mol. The molecule has 0 atom stereocenters. The summed E-state index contributed by atoms with van der Waals surface area (Å²) in [5.74, 6) is 0. The maximum absolute atomic E-state index is 6.53. The Kier molecular flexibility index (Phi) is 6.77. The van der Waals surface area contributed by atoms with Gasteiger partial charge in [-0.3, -0.25) is 0 Å². The fraction of sp³-hybridized carbons (Fsp3) is 0.0196. The van der Waals surface area contributed by atoms with Gasteiger partial charge in [-0.2, -0.15) is 0 Å². The van der Waals surface area contributed by atoms with Crippen molar-refractivity contribution < 1.29 is 4.42 Å². The number of hydrogen-bond acceptors (Lipinski definition) is 2. The van der Waals surface area contributed by atoms with Crippen LogP contribution in [-0.4, -0.2) is 4.57 Å². The van der Waals surface area contributed by atoms with Gasteiger partial charge in [0.1, 0.15) is 11.2 Å². The molecule has 3 heteroatoms. The molecule has 2 N–H and O–H groups in total. The smallest absolute Gasteiger partial charge is 0.135 e. The average molecular weight is 691 g/mol. The van der Waals surface area contributed by atoms with Gasteiger partial charge in [0, 0.05) is 38.5 Å². The van der Waals surface area contributed by atoms with Gasteiger partial charge in [-0.15, -0.1) is 0 Å². The molecule has 8 aromatic carbocycles. The van der Waals surface area contributed by atoms with Gasteiger partial charge in [-0.1, -0.05) is 121 Å². The summed E-state index contributed by atoms with van der Waals surface area (Å²) in [6.07, 6.45) is 3.16. The van der Waals surface area contributed by atoms with E-state index in [1.165, 1.54) is 71.9 Å². The van der Waals surface area contributed by atoms with E-state index in [2.05, 4.69) is 162 Å². The highest BCUT2D eigenvalue weighted by Crippen LogP contribution is 2.47. The van der Waals surface area contributed by atoms with E-state index in [1.807, 2.05) is 24.3 Å². The number of para-hydroxylation sites is 2. The molecule has 11 rings (SSSR count). The zero-order valence-corrected chi connectivity index (χ0v) is 29.5. The van der Waals surface area contributed by atoms with Crippen LogP contribution in [0.3, 0.4) is 0 Å². The summed E-state index contributed by atoms with van der Waals surface area (Å²) < 4.78 is 8.52. The van der Waals surface area contributed by atoms with Crippen LogP contribution in [0, 0.1) is 0 Å². The maximum Gasteiger partial charge on any atom is 0.135 e. The van der Waals surface area contributed by atoms with Crippen LogP contribution in [0.4, 0.5) is 5.69 Å². The lowest BCUT2D eigenvalue weighted by Crippen LogP contribution is -1.93. The Morgan fingerprint density at radius 1 is 0.463 bits per heavy atom. The number of furan rings is 1. The molecule has 254 valence electrons. The number of nitrogen functional groups attached to an aromatic ring is 1. The van der Waals surface area contributed by atoms with Crippen LogP contribution < -0.4 is 5.73 Å². The number of anilines is 1. The monoisotopic (exact) mass is 690 g/mol. The number of benzene rings is 8. The van der Waals surface area contributed by atoms with E-state index in [0.29, 0.717) is 0 Å². The molecule has 0 spiro atoms. The fourth-order valence-corrected chi connectivity index (χ4v) is 8.59. The third-order valence-corrected chi connectivity index (χ3v) is 11.2. The summed E-state index contributed by atoms with van der Waals surface area (Å²) in [4.78, 5) is 0. The Bertz CT molecular complexity index is 3120. The zero-order chi connectivity index (χ0) is 35.8. The average Bonchev–Trinajstić information content (AvgIpc) is 3.88. The summed E-state index contributed by atoms with van der Waals surface area (Å²) in [6, 6.07) is 63.1. The minimum Gasteiger partial charge on any atom is -0.456 e. The van der Waals surface area contributed by atoms with Crippen molar-refractivity contribution in [2.75, 3.05) is 5.73 Å². The van der Waals surface area contributed by atoms with Crippen LogP contribution in [0.15, 0.2) is 186 Å². The number of allylic oxidation sites excluding steroid dienone is 1. The highest BCUT2D eigenvalue weighted by atomic mass is 16.3. The summed E-state index contributed by atoms with van der Waals surface area (Å²) in [7, 11) is 0. The number of hydrogen-bond donors (Lipinski definition) is 1. The van der Waals surface area contributed by atoms with Crippen LogP contribution in [0.25, 0.3) is 88.4 Å². The molecule has 54 heavy (non-hydrogen) atoms. The van der Waals surface area contributed by atoms with Crippen molar-refractivity contribution in [2.45, 2.75) is 6.42 Å². The second-order valence-electron chi connectivity index (χ2n) is 14.3. The predicted molar refractivity (Wildman–Crippen MR) is 226 cm³/mol. The van der Waals surface area contributed by atoms with Crippen molar-refractivity contribution >= 4 is 55.0 Å². The SMILES string of the molecule is Nc1cccc2c1/C(=C\Cc1ccc(-c3ccc4c(c3)c3cc(-c5ccc6oc7ccccc7c6c5)ccc3n4-c3ccccc3)cc1)c1ccccc1-2. The normalized spacial score (nSPS) is 13.0. The van der Waals surface area contributed by atoms with E-state index in [-0.39, 0.29) is 0 Å². The Morgan fingerprint density at radius 2 is 1.06 bits per heavy atom. The van der Waals surface area contributed by atoms with Crippen LogP contribution in [0.5, 0.6) is 0 Å². The molecule has 0 unspecified atom stereocenters. The molecule has 0 bridgehead atoms.